The van der Waals surface area contributed by atoms with Gasteiger partial charge in [-0.2, -0.15) is 0 Å². The fourth-order valence-electron chi connectivity index (χ4n) is 2.68. The van der Waals surface area contributed by atoms with E-state index in [1.165, 1.54) is 18.9 Å². The lowest BCUT2D eigenvalue weighted by atomic mass is 9.86. The fourth-order valence-corrected chi connectivity index (χ4v) is 2.68. The van der Waals surface area contributed by atoms with Gasteiger partial charge in [0, 0.05) is 12.1 Å². The molecule has 0 bridgehead atoms. The van der Waals surface area contributed by atoms with Crippen molar-refractivity contribution in [2.45, 2.75) is 32.6 Å². The SMILES string of the molecule is Cc1ccc(C(=O)NCC2(CN)CCCC2)cc1F. The van der Waals surface area contributed by atoms with Crippen molar-refractivity contribution >= 4 is 5.91 Å². The molecule has 19 heavy (non-hydrogen) atoms. The number of rotatable bonds is 4. The fraction of sp³-hybridized carbons (Fsp3) is 0.533. The second-order valence-corrected chi connectivity index (χ2v) is 5.56. The van der Waals surface area contributed by atoms with Crippen molar-refractivity contribution in [2.24, 2.45) is 11.1 Å². The molecule has 1 aromatic rings. The summed E-state index contributed by atoms with van der Waals surface area (Å²) >= 11 is 0. The van der Waals surface area contributed by atoms with Gasteiger partial charge >= 0.3 is 0 Å². The highest BCUT2D eigenvalue weighted by Crippen LogP contribution is 2.36. The first-order valence-electron chi connectivity index (χ1n) is 6.81. The Morgan fingerprint density at radius 2 is 2.11 bits per heavy atom. The molecule has 0 aliphatic heterocycles. The number of benzene rings is 1. The Morgan fingerprint density at radius 1 is 1.42 bits per heavy atom. The molecule has 1 aliphatic carbocycles. The Hall–Kier alpha value is -1.42. The molecule has 0 unspecified atom stereocenters. The Kier molecular flexibility index (Phi) is 4.20. The third-order valence-corrected chi connectivity index (χ3v) is 4.16. The first-order chi connectivity index (χ1) is 9.06. The van der Waals surface area contributed by atoms with Crippen LogP contribution in [0, 0.1) is 18.2 Å². The number of halogens is 1. The van der Waals surface area contributed by atoms with Crippen LogP contribution in [0.25, 0.3) is 0 Å². The summed E-state index contributed by atoms with van der Waals surface area (Å²) in [7, 11) is 0. The van der Waals surface area contributed by atoms with E-state index < -0.39 is 0 Å². The van der Waals surface area contributed by atoms with Crippen molar-refractivity contribution in [3.8, 4) is 0 Å². The molecule has 0 saturated heterocycles. The average Bonchev–Trinajstić information content (AvgIpc) is 2.89. The Labute approximate surface area is 113 Å². The summed E-state index contributed by atoms with van der Waals surface area (Å²) in [5.74, 6) is -0.569. The topological polar surface area (TPSA) is 55.1 Å². The number of nitrogens with one attached hydrogen (secondary N) is 1. The normalized spacial score (nSPS) is 17.4. The Morgan fingerprint density at radius 3 is 2.68 bits per heavy atom. The minimum atomic E-state index is -0.345. The lowest BCUT2D eigenvalue weighted by Gasteiger charge is -2.27. The van der Waals surface area contributed by atoms with E-state index in [0.717, 1.165) is 12.8 Å². The number of amides is 1. The molecule has 0 atom stereocenters. The summed E-state index contributed by atoms with van der Waals surface area (Å²) in [6, 6.07) is 4.56. The summed E-state index contributed by atoms with van der Waals surface area (Å²) in [6.07, 6.45) is 4.47. The summed E-state index contributed by atoms with van der Waals surface area (Å²) < 4.78 is 13.4. The zero-order chi connectivity index (χ0) is 13.9. The first kappa shape index (κ1) is 14.0. The van der Waals surface area contributed by atoms with E-state index >= 15 is 0 Å². The predicted molar refractivity (Wildman–Crippen MR) is 73.4 cm³/mol. The van der Waals surface area contributed by atoms with E-state index in [-0.39, 0.29) is 17.1 Å². The van der Waals surface area contributed by atoms with E-state index in [1.807, 2.05) is 0 Å². The molecular formula is C15H21FN2O. The van der Waals surface area contributed by atoms with Crippen molar-refractivity contribution in [3.63, 3.8) is 0 Å². The quantitative estimate of drug-likeness (QED) is 0.877. The van der Waals surface area contributed by atoms with Gasteiger partial charge in [-0.3, -0.25) is 4.79 Å². The molecule has 1 aliphatic rings. The van der Waals surface area contributed by atoms with E-state index in [4.69, 9.17) is 5.73 Å². The van der Waals surface area contributed by atoms with Crippen LogP contribution >= 0.6 is 0 Å². The number of hydrogen-bond donors (Lipinski definition) is 2. The lowest BCUT2D eigenvalue weighted by Crippen LogP contribution is -2.40. The molecule has 4 heteroatoms. The molecule has 3 N–H and O–H groups in total. The van der Waals surface area contributed by atoms with Gasteiger partial charge in [-0.15, -0.1) is 0 Å². The first-order valence-corrected chi connectivity index (χ1v) is 6.81. The number of aryl methyl sites for hydroxylation is 1. The van der Waals surface area contributed by atoms with Gasteiger partial charge in [-0.1, -0.05) is 18.9 Å². The lowest BCUT2D eigenvalue weighted by molar-refractivity contribution is 0.0931. The van der Waals surface area contributed by atoms with Crippen LogP contribution in [0.1, 0.15) is 41.6 Å². The van der Waals surface area contributed by atoms with Gasteiger partial charge in [0.05, 0.1) is 0 Å². The van der Waals surface area contributed by atoms with Crippen LogP contribution in [0.2, 0.25) is 0 Å². The van der Waals surface area contributed by atoms with E-state index in [2.05, 4.69) is 5.32 Å². The summed E-state index contributed by atoms with van der Waals surface area (Å²) in [5, 5.41) is 2.89. The minimum absolute atomic E-state index is 0.0406. The number of nitrogens with two attached hydrogens (primary N) is 1. The highest BCUT2D eigenvalue weighted by Gasteiger charge is 2.32. The van der Waals surface area contributed by atoms with Crippen LogP contribution in [0.4, 0.5) is 4.39 Å². The van der Waals surface area contributed by atoms with Crippen molar-refractivity contribution in [1.29, 1.82) is 0 Å². The standard InChI is InChI=1S/C15H21FN2O/c1-11-4-5-12(8-13(11)16)14(19)18-10-15(9-17)6-2-3-7-15/h4-5,8H,2-3,6-7,9-10,17H2,1H3,(H,18,19). The van der Waals surface area contributed by atoms with Crippen LogP contribution in [0.15, 0.2) is 18.2 Å². The average molecular weight is 264 g/mol. The molecule has 1 saturated carbocycles. The van der Waals surface area contributed by atoms with Crippen molar-refractivity contribution in [2.75, 3.05) is 13.1 Å². The summed E-state index contributed by atoms with van der Waals surface area (Å²) in [4.78, 5) is 12.0. The zero-order valence-corrected chi connectivity index (χ0v) is 11.3. The highest BCUT2D eigenvalue weighted by molar-refractivity contribution is 5.94. The maximum absolute atomic E-state index is 13.4. The molecule has 1 fully saturated rings. The van der Waals surface area contributed by atoms with Crippen molar-refractivity contribution in [1.82, 2.24) is 5.32 Å². The van der Waals surface area contributed by atoms with Gasteiger partial charge < -0.3 is 11.1 Å². The Bertz CT molecular complexity index is 467. The smallest absolute Gasteiger partial charge is 0.251 e. The second kappa shape index (κ2) is 5.70. The molecule has 1 aromatic carbocycles. The molecule has 1 amide bonds. The molecule has 0 heterocycles. The third-order valence-electron chi connectivity index (χ3n) is 4.16. The predicted octanol–water partition coefficient (Wildman–Crippen LogP) is 2.38. The van der Waals surface area contributed by atoms with Gasteiger partial charge in [-0.25, -0.2) is 4.39 Å². The van der Waals surface area contributed by atoms with Crippen LogP contribution in [-0.4, -0.2) is 19.0 Å². The summed E-state index contributed by atoms with van der Waals surface area (Å²) in [6.45, 7) is 2.85. The van der Waals surface area contributed by atoms with Gasteiger partial charge in [0.25, 0.3) is 5.91 Å². The van der Waals surface area contributed by atoms with Crippen molar-refractivity contribution < 1.29 is 9.18 Å². The van der Waals surface area contributed by atoms with E-state index in [1.54, 1.807) is 19.1 Å². The number of hydrogen-bond acceptors (Lipinski definition) is 2. The number of carbonyl (C=O) groups is 1. The molecule has 0 radical (unpaired) electrons. The molecule has 2 rings (SSSR count). The maximum Gasteiger partial charge on any atom is 0.251 e. The van der Waals surface area contributed by atoms with Crippen LogP contribution in [0.3, 0.4) is 0 Å². The largest absolute Gasteiger partial charge is 0.351 e. The van der Waals surface area contributed by atoms with Crippen LogP contribution < -0.4 is 11.1 Å². The monoisotopic (exact) mass is 264 g/mol. The second-order valence-electron chi connectivity index (χ2n) is 5.56. The van der Waals surface area contributed by atoms with Gasteiger partial charge in [0.1, 0.15) is 5.82 Å². The summed E-state index contributed by atoms with van der Waals surface area (Å²) in [5.41, 5.74) is 6.78. The molecule has 0 spiro atoms. The molecule has 3 nitrogen and oxygen atoms in total. The van der Waals surface area contributed by atoms with Crippen LogP contribution in [-0.2, 0) is 0 Å². The van der Waals surface area contributed by atoms with E-state index in [0.29, 0.717) is 24.2 Å². The van der Waals surface area contributed by atoms with Crippen molar-refractivity contribution in [3.05, 3.63) is 35.1 Å². The third kappa shape index (κ3) is 3.13. The van der Waals surface area contributed by atoms with Gasteiger partial charge in [0.2, 0.25) is 0 Å². The van der Waals surface area contributed by atoms with Gasteiger partial charge in [-0.05, 0) is 49.4 Å². The maximum atomic E-state index is 13.4. The highest BCUT2D eigenvalue weighted by atomic mass is 19.1. The molecular weight excluding hydrogens is 243 g/mol. The zero-order valence-electron chi connectivity index (χ0n) is 11.3. The van der Waals surface area contributed by atoms with Crippen LogP contribution in [0.5, 0.6) is 0 Å². The van der Waals surface area contributed by atoms with E-state index in [9.17, 15) is 9.18 Å². The number of carbonyl (C=O) groups excluding carboxylic acids is 1. The molecule has 0 aromatic heterocycles. The van der Waals surface area contributed by atoms with Gasteiger partial charge in [0.15, 0.2) is 0 Å². The molecule has 104 valence electrons. The minimum Gasteiger partial charge on any atom is -0.351 e. The Balaban J connectivity index is 1.99.